The van der Waals surface area contributed by atoms with Crippen molar-refractivity contribution in [3.05, 3.63) is 48.2 Å². The smallest absolute Gasteiger partial charge is 0.205 e. The van der Waals surface area contributed by atoms with Crippen molar-refractivity contribution in [2.24, 2.45) is 10.1 Å². The second kappa shape index (κ2) is 8.50. The summed E-state index contributed by atoms with van der Waals surface area (Å²) in [6, 6.07) is 6.27. The molecule has 0 saturated carbocycles. The van der Waals surface area contributed by atoms with E-state index in [4.69, 9.17) is 9.73 Å². The van der Waals surface area contributed by atoms with E-state index in [0.29, 0.717) is 29.7 Å². The maximum atomic E-state index is 5.22. The zero-order chi connectivity index (χ0) is 21.1. The van der Waals surface area contributed by atoms with E-state index in [1.165, 1.54) is 0 Å². The predicted molar refractivity (Wildman–Crippen MR) is 117 cm³/mol. The van der Waals surface area contributed by atoms with Gasteiger partial charge in [-0.1, -0.05) is 0 Å². The number of hydrogen-bond acceptors (Lipinski definition) is 8. The van der Waals surface area contributed by atoms with Gasteiger partial charge < -0.3 is 9.64 Å². The van der Waals surface area contributed by atoms with Crippen molar-refractivity contribution in [1.82, 2.24) is 24.8 Å². The van der Waals surface area contributed by atoms with Crippen molar-refractivity contribution in [3.8, 4) is 11.5 Å². The molecular formula is C21H24N8O. The first-order valence-electron chi connectivity index (χ1n) is 9.83. The molecule has 0 bridgehead atoms. The molecule has 0 saturated heterocycles. The van der Waals surface area contributed by atoms with Crippen LogP contribution in [0.4, 0.5) is 11.4 Å². The topological polar surface area (TPSA) is 93.7 Å². The fraction of sp³-hybridized carbons (Fsp3) is 0.333. The number of aliphatic imine (C=N–C) groups is 1. The van der Waals surface area contributed by atoms with Crippen LogP contribution in [0.3, 0.4) is 0 Å². The average molecular weight is 404 g/mol. The van der Waals surface area contributed by atoms with E-state index in [1.807, 2.05) is 13.0 Å². The standard InChI is InChI=1S/C21H24N8O/c1-5-28(10-11-30-4)16-6-7-17(14(2)12-16)24-19-15(3)27-29-20(25-26-21(19)29)18-13-22-8-9-23-18/h6-9,12-13H,5,10-11H2,1-4H3/b24-19-. The van der Waals surface area contributed by atoms with Gasteiger partial charge in [-0.15, -0.1) is 10.2 Å². The lowest BCUT2D eigenvalue weighted by atomic mass is 10.1. The van der Waals surface area contributed by atoms with Gasteiger partial charge in [-0.3, -0.25) is 4.98 Å². The molecule has 30 heavy (non-hydrogen) atoms. The zero-order valence-electron chi connectivity index (χ0n) is 17.6. The highest BCUT2D eigenvalue weighted by atomic mass is 16.5. The van der Waals surface area contributed by atoms with Crippen LogP contribution >= 0.6 is 0 Å². The van der Waals surface area contributed by atoms with E-state index < -0.39 is 0 Å². The van der Waals surface area contributed by atoms with Crippen molar-refractivity contribution in [2.75, 3.05) is 31.7 Å². The number of fused-ring (bicyclic) bond motifs is 1. The number of ether oxygens (including phenoxy) is 1. The third-order valence-corrected chi connectivity index (χ3v) is 4.96. The van der Waals surface area contributed by atoms with Crippen LogP contribution in [0.15, 0.2) is 46.9 Å². The number of anilines is 1. The van der Waals surface area contributed by atoms with Crippen LogP contribution < -0.4 is 4.90 Å². The second-order valence-electron chi connectivity index (χ2n) is 6.94. The molecule has 1 aromatic carbocycles. The number of methoxy groups -OCH3 is 1. The monoisotopic (exact) mass is 404 g/mol. The van der Waals surface area contributed by atoms with Crippen molar-refractivity contribution in [3.63, 3.8) is 0 Å². The van der Waals surface area contributed by atoms with Gasteiger partial charge in [0, 0.05) is 38.3 Å². The van der Waals surface area contributed by atoms with Crippen LogP contribution in [-0.4, -0.2) is 63.1 Å². The first-order valence-corrected chi connectivity index (χ1v) is 9.83. The van der Waals surface area contributed by atoms with Gasteiger partial charge in [0.1, 0.15) is 11.4 Å². The Balaban J connectivity index is 1.66. The molecule has 0 unspecified atom stereocenters. The SMILES string of the molecule is CCN(CCOC)c1ccc(/N=C2/C(C)=Nn3c2nnc3-c2cnccn2)c(C)c1. The van der Waals surface area contributed by atoms with E-state index in [1.54, 1.807) is 30.4 Å². The zero-order valence-corrected chi connectivity index (χ0v) is 17.6. The minimum Gasteiger partial charge on any atom is -0.383 e. The number of benzene rings is 1. The number of hydrogen-bond donors (Lipinski definition) is 0. The third-order valence-electron chi connectivity index (χ3n) is 4.96. The lowest BCUT2D eigenvalue weighted by molar-refractivity contribution is 0.205. The fourth-order valence-electron chi connectivity index (χ4n) is 3.34. The first kappa shape index (κ1) is 19.8. The van der Waals surface area contributed by atoms with Crippen molar-refractivity contribution >= 4 is 22.8 Å². The van der Waals surface area contributed by atoms with Gasteiger partial charge in [0.15, 0.2) is 0 Å². The minimum atomic E-state index is 0.548. The Labute approximate surface area is 175 Å². The molecule has 3 aromatic rings. The summed E-state index contributed by atoms with van der Waals surface area (Å²) in [4.78, 5) is 15.5. The van der Waals surface area contributed by atoms with Gasteiger partial charge in [-0.25, -0.2) is 9.98 Å². The maximum absolute atomic E-state index is 5.22. The molecular weight excluding hydrogens is 380 g/mol. The highest BCUT2D eigenvalue weighted by molar-refractivity contribution is 6.48. The summed E-state index contributed by atoms with van der Waals surface area (Å²) >= 11 is 0. The molecule has 0 radical (unpaired) electrons. The lowest BCUT2D eigenvalue weighted by Gasteiger charge is -2.23. The van der Waals surface area contributed by atoms with E-state index >= 15 is 0 Å². The maximum Gasteiger partial charge on any atom is 0.205 e. The molecule has 3 heterocycles. The molecule has 154 valence electrons. The molecule has 4 rings (SSSR count). The summed E-state index contributed by atoms with van der Waals surface area (Å²) in [5, 5.41) is 13.1. The molecule has 1 aliphatic heterocycles. The molecule has 0 fully saturated rings. The Morgan fingerprint density at radius 3 is 2.67 bits per heavy atom. The van der Waals surface area contributed by atoms with Crippen molar-refractivity contribution in [1.29, 1.82) is 0 Å². The Hall–Kier alpha value is -3.46. The molecule has 1 aliphatic rings. The largest absolute Gasteiger partial charge is 0.383 e. The normalized spacial score (nSPS) is 14.1. The lowest BCUT2D eigenvalue weighted by Crippen LogP contribution is -2.26. The number of likely N-dealkylation sites (N-methyl/N-ethyl adjacent to an activating group) is 1. The van der Waals surface area contributed by atoms with Crippen molar-refractivity contribution in [2.45, 2.75) is 20.8 Å². The quantitative estimate of drug-likeness (QED) is 0.601. The summed E-state index contributed by atoms with van der Waals surface area (Å²) in [5.74, 6) is 1.15. The first-order chi connectivity index (χ1) is 14.6. The molecule has 0 N–H and O–H groups in total. The van der Waals surface area contributed by atoms with E-state index in [-0.39, 0.29) is 0 Å². The molecule has 0 spiro atoms. The predicted octanol–water partition coefficient (Wildman–Crippen LogP) is 2.87. The highest BCUT2D eigenvalue weighted by Gasteiger charge is 2.27. The Morgan fingerprint density at radius 2 is 1.97 bits per heavy atom. The van der Waals surface area contributed by atoms with E-state index in [9.17, 15) is 0 Å². The average Bonchev–Trinajstić information content (AvgIpc) is 3.30. The van der Waals surface area contributed by atoms with Crippen LogP contribution in [0.2, 0.25) is 0 Å². The molecule has 2 aromatic heterocycles. The Bertz CT molecular complexity index is 1100. The van der Waals surface area contributed by atoms with Crippen molar-refractivity contribution < 1.29 is 4.74 Å². The van der Waals surface area contributed by atoms with Crippen LogP contribution in [0.25, 0.3) is 11.5 Å². The van der Waals surface area contributed by atoms with Crippen LogP contribution in [0.1, 0.15) is 25.2 Å². The second-order valence-corrected chi connectivity index (χ2v) is 6.94. The number of rotatable bonds is 7. The van der Waals surface area contributed by atoms with Gasteiger partial charge in [-0.2, -0.15) is 9.78 Å². The van der Waals surface area contributed by atoms with Crippen LogP contribution in [-0.2, 0) is 4.74 Å². The summed E-state index contributed by atoms with van der Waals surface area (Å²) in [6.45, 7) is 8.57. The van der Waals surface area contributed by atoms with E-state index in [0.717, 1.165) is 35.7 Å². The molecule has 0 atom stereocenters. The van der Waals surface area contributed by atoms with Crippen LogP contribution in [0.5, 0.6) is 0 Å². The molecule has 9 nitrogen and oxygen atoms in total. The van der Waals surface area contributed by atoms with Gasteiger partial charge in [0.05, 0.1) is 24.2 Å². The van der Waals surface area contributed by atoms with E-state index in [2.05, 4.69) is 56.1 Å². The highest BCUT2D eigenvalue weighted by Crippen LogP contribution is 2.27. The summed E-state index contributed by atoms with van der Waals surface area (Å²) in [5.41, 5.74) is 5.22. The number of nitrogens with zero attached hydrogens (tertiary/aromatic N) is 8. The van der Waals surface area contributed by atoms with Gasteiger partial charge in [-0.05, 0) is 44.5 Å². The minimum absolute atomic E-state index is 0.548. The van der Waals surface area contributed by atoms with Gasteiger partial charge in [0.2, 0.25) is 11.6 Å². The fourth-order valence-corrected chi connectivity index (χ4v) is 3.34. The number of aromatic nitrogens is 5. The Morgan fingerprint density at radius 1 is 1.13 bits per heavy atom. The summed E-state index contributed by atoms with van der Waals surface area (Å²) < 4.78 is 6.89. The van der Waals surface area contributed by atoms with Gasteiger partial charge >= 0.3 is 0 Å². The summed E-state index contributed by atoms with van der Waals surface area (Å²) in [6.07, 6.45) is 4.88. The molecule has 9 heteroatoms. The number of aryl methyl sites for hydroxylation is 1. The van der Waals surface area contributed by atoms with Crippen LogP contribution in [0, 0.1) is 6.92 Å². The summed E-state index contributed by atoms with van der Waals surface area (Å²) in [7, 11) is 1.72. The molecule has 0 aliphatic carbocycles. The Kier molecular flexibility index (Phi) is 5.62. The molecule has 0 amide bonds. The van der Waals surface area contributed by atoms with Gasteiger partial charge in [0.25, 0.3) is 0 Å². The third kappa shape index (κ3) is 3.71.